The van der Waals surface area contributed by atoms with E-state index in [-0.39, 0.29) is 11.6 Å². The molecule has 19 heavy (non-hydrogen) atoms. The van der Waals surface area contributed by atoms with Crippen molar-refractivity contribution >= 4 is 0 Å². The van der Waals surface area contributed by atoms with Crippen molar-refractivity contribution in [2.24, 2.45) is 0 Å². The minimum absolute atomic E-state index is 0.168. The number of hydrogen-bond acceptors (Lipinski definition) is 3. The minimum atomic E-state index is -4.84. The molecular formula is C12H7F4NO2. The number of aromatic nitrogens is 1. The van der Waals surface area contributed by atoms with Crippen LogP contribution in [-0.4, -0.2) is 11.3 Å². The zero-order chi connectivity index (χ0) is 13.9. The van der Waals surface area contributed by atoms with Gasteiger partial charge in [0.25, 0.3) is 0 Å². The molecule has 0 radical (unpaired) electrons. The van der Waals surface area contributed by atoms with E-state index in [1.807, 2.05) is 0 Å². The smallest absolute Gasteiger partial charge is 0.435 e. The van der Waals surface area contributed by atoms with Crippen LogP contribution in [0.15, 0.2) is 42.5 Å². The highest BCUT2D eigenvalue weighted by Crippen LogP contribution is 2.34. The third kappa shape index (κ3) is 3.84. The number of rotatable bonds is 3. The van der Waals surface area contributed by atoms with Crippen LogP contribution in [0.5, 0.6) is 17.4 Å². The molecule has 3 nitrogen and oxygen atoms in total. The van der Waals surface area contributed by atoms with Gasteiger partial charge in [0, 0.05) is 6.07 Å². The Morgan fingerprint density at radius 2 is 1.58 bits per heavy atom. The highest BCUT2D eigenvalue weighted by molar-refractivity contribution is 5.41. The van der Waals surface area contributed by atoms with Crippen LogP contribution in [0, 0.1) is 5.95 Å². The van der Waals surface area contributed by atoms with Crippen molar-refractivity contribution in [2.45, 2.75) is 6.36 Å². The molecule has 0 aliphatic heterocycles. The fourth-order valence-electron chi connectivity index (χ4n) is 1.30. The Kier molecular flexibility index (Phi) is 3.55. The molecule has 0 N–H and O–H groups in total. The van der Waals surface area contributed by atoms with Crippen LogP contribution in [0.4, 0.5) is 17.6 Å². The third-order valence-electron chi connectivity index (χ3n) is 1.98. The number of ether oxygens (including phenoxy) is 2. The molecule has 0 amide bonds. The van der Waals surface area contributed by atoms with Crippen LogP contribution in [0.2, 0.25) is 0 Å². The molecule has 100 valence electrons. The largest absolute Gasteiger partial charge is 0.573 e. The molecule has 0 aliphatic rings. The zero-order valence-corrected chi connectivity index (χ0v) is 9.32. The van der Waals surface area contributed by atoms with Crippen LogP contribution in [-0.2, 0) is 0 Å². The van der Waals surface area contributed by atoms with Gasteiger partial charge >= 0.3 is 6.36 Å². The molecule has 0 saturated heterocycles. The molecule has 1 heterocycles. The second-order valence-electron chi connectivity index (χ2n) is 3.40. The predicted octanol–water partition coefficient (Wildman–Crippen LogP) is 3.91. The maximum Gasteiger partial charge on any atom is 0.573 e. The normalized spacial score (nSPS) is 11.2. The second kappa shape index (κ2) is 5.13. The average molecular weight is 273 g/mol. The molecule has 0 aliphatic carbocycles. The van der Waals surface area contributed by atoms with Crippen molar-refractivity contribution in [1.82, 2.24) is 4.98 Å². The lowest BCUT2D eigenvalue weighted by molar-refractivity contribution is -0.275. The van der Waals surface area contributed by atoms with Gasteiger partial charge in [-0.3, -0.25) is 0 Å². The monoisotopic (exact) mass is 273 g/mol. The van der Waals surface area contributed by atoms with Crippen molar-refractivity contribution in [1.29, 1.82) is 0 Å². The van der Waals surface area contributed by atoms with E-state index in [1.54, 1.807) is 0 Å². The minimum Gasteiger partial charge on any atom is -0.435 e. The molecule has 1 aromatic carbocycles. The Morgan fingerprint density at radius 3 is 2.21 bits per heavy atom. The summed E-state index contributed by atoms with van der Waals surface area (Å²) in [5.74, 6) is -1.70. The number of nitrogens with zero attached hydrogens (tertiary/aromatic N) is 1. The number of benzene rings is 1. The Balaban J connectivity index is 2.25. The van der Waals surface area contributed by atoms with Gasteiger partial charge in [-0.2, -0.15) is 9.37 Å². The second-order valence-corrected chi connectivity index (χ2v) is 3.40. The first kappa shape index (κ1) is 13.1. The van der Waals surface area contributed by atoms with E-state index in [9.17, 15) is 17.6 Å². The molecule has 7 heteroatoms. The van der Waals surface area contributed by atoms with Crippen LogP contribution < -0.4 is 9.47 Å². The lowest BCUT2D eigenvalue weighted by Gasteiger charge is -2.13. The van der Waals surface area contributed by atoms with Gasteiger partial charge < -0.3 is 9.47 Å². The van der Waals surface area contributed by atoms with E-state index < -0.39 is 18.1 Å². The summed E-state index contributed by atoms with van der Waals surface area (Å²) >= 11 is 0. The van der Waals surface area contributed by atoms with Gasteiger partial charge in [0.05, 0.1) is 0 Å². The molecule has 1 aromatic heterocycles. The van der Waals surface area contributed by atoms with Crippen LogP contribution in [0.25, 0.3) is 0 Å². The van der Waals surface area contributed by atoms with Gasteiger partial charge in [0.2, 0.25) is 11.8 Å². The van der Waals surface area contributed by atoms with Gasteiger partial charge in [0.1, 0.15) is 0 Å². The van der Waals surface area contributed by atoms with Gasteiger partial charge in [-0.25, -0.2) is 0 Å². The van der Waals surface area contributed by atoms with E-state index in [1.165, 1.54) is 30.3 Å². The molecule has 0 unspecified atom stereocenters. The lowest BCUT2D eigenvalue weighted by Crippen LogP contribution is -2.17. The summed E-state index contributed by atoms with van der Waals surface area (Å²) in [6.07, 6.45) is -4.84. The van der Waals surface area contributed by atoms with Crippen molar-refractivity contribution in [3.8, 4) is 17.4 Å². The highest BCUT2D eigenvalue weighted by Gasteiger charge is 2.32. The summed E-state index contributed by atoms with van der Waals surface area (Å²) in [6.45, 7) is 0. The topological polar surface area (TPSA) is 31.4 Å². The fourth-order valence-corrected chi connectivity index (χ4v) is 1.30. The summed E-state index contributed by atoms with van der Waals surface area (Å²) in [6, 6.07) is 8.88. The molecule has 0 fully saturated rings. The Bertz CT molecular complexity index is 572. The van der Waals surface area contributed by atoms with Crippen molar-refractivity contribution < 1.29 is 27.0 Å². The van der Waals surface area contributed by atoms with Crippen molar-refractivity contribution in [3.05, 3.63) is 48.4 Å². The Hall–Kier alpha value is -2.31. The first-order valence-corrected chi connectivity index (χ1v) is 5.09. The van der Waals surface area contributed by atoms with E-state index in [4.69, 9.17) is 4.74 Å². The van der Waals surface area contributed by atoms with E-state index in [0.29, 0.717) is 0 Å². The maximum atomic E-state index is 12.8. The maximum absolute atomic E-state index is 12.8. The van der Waals surface area contributed by atoms with Crippen LogP contribution in [0.1, 0.15) is 0 Å². The first-order chi connectivity index (χ1) is 8.94. The number of alkyl halides is 3. The van der Waals surface area contributed by atoms with Gasteiger partial charge in [-0.1, -0.05) is 18.2 Å². The van der Waals surface area contributed by atoms with Crippen LogP contribution >= 0.6 is 0 Å². The lowest BCUT2D eigenvalue weighted by atomic mass is 10.3. The quantitative estimate of drug-likeness (QED) is 0.627. The van der Waals surface area contributed by atoms with Crippen LogP contribution in [0.3, 0.4) is 0 Å². The summed E-state index contributed by atoms with van der Waals surface area (Å²) in [5.41, 5.74) is 0. The number of para-hydroxylation sites is 2. The average Bonchev–Trinajstić information content (AvgIpc) is 2.30. The summed E-state index contributed by atoms with van der Waals surface area (Å²) in [4.78, 5) is 3.38. The SMILES string of the molecule is Fc1cccc(Oc2ccccc2OC(F)(F)F)n1. The number of halogens is 4. The molecule has 2 aromatic rings. The summed E-state index contributed by atoms with van der Waals surface area (Å²) in [5, 5.41) is 0. The zero-order valence-electron chi connectivity index (χ0n) is 9.32. The van der Waals surface area contributed by atoms with Gasteiger partial charge in [0.15, 0.2) is 11.5 Å². The van der Waals surface area contributed by atoms with E-state index >= 15 is 0 Å². The first-order valence-electron chi connectivity index (χ1n) is 5.09. The van der Waals surface area contributed by atoms with Crippen molar-refractivity contribution in [2.75, 3.05) is 0 Å². The van der Waals surface area contributed by atoms with E-state index in [2.05, 4.69) is 9.72 Å². The Labute approximate surface area is 105 Å². The molecule has 0 saturated carbocycles. The van der Waals surface area contributed by atoms with E-state index in [0.717, 1.165) is 12.1 Å². The highest BCUT2D eigenvalue weighted by atomic mass is 19.4. The predicted molar refractivity (Wildman–Crippen MR) is 57.4 cm³/mol. The molecular weight excluding hydrogens is 266 g/mol. The fraction of sp³-hybridized carbons (Fsp3) is 0.0833. The standard InChI is InChI=1S/C12H7F4NO2/c13-10-6-3-7-11(17-10)18-8-4-1-2-5-9(8)19-12(14,15)16/h1-7H. The summed E-state index contributed by atoms with van der Waals surface area (Å²) in [7, 11) is 0. The van der Waals surface area contributed by atoms with Gasteiger partial charge in [-0.15, -0.1) is 13.2 Å². The molecule has 0 bridgehead atoms. The Morgan fingerprint density at radius 1 is 0.895 bits per heavy atom. The molecule has 0 spiro atoms. The van der Waals surface area contributed by atoms with Gasteiger partial charge in [-0.05, 0) is 18.2 Å². The third-order valence-corrected chi connectivity index (χ3v) is 1.98. The molecule has 2 rings (SSSR count). The number of pyridine rings is 1. The molecule has 0 atom stereocenters. The van der Waals surface area contributed by atoms with Crippen molar-refractivity contribution in [3.63, 3.8) is 0 Å². The summed E-state index contributed by atoms with van der Waals surface area (Å²) < 4.78 is 58.2. The number of hydrogen-bond donors (Lipinski definition) is 0.